The maximum absolute atomic E-state index is 11.6. The number of rotatable bonds is 5. The molecule has 0 aliphatic heterocycles. The number of hydrogen-bond acceptors (Lipinski definition) is 3. The summed E-state index contributed by atoms with van der Waals surface area (Å²) in [4.78, 5) is 22.0. The number of carbonyl (C=O) groups excluding carboxylic acids is 2. The first-order valence-corrected chi connectivity index (χ1v) is 6.47. The summed E-state index contributed by atoms with van der Waals surface area (Å²) in [5, 5.41) is 0. The first-order valence-electron chi connectivity index (χ1n) is 6.47. The lowest BCUT2D eigenvalue weighted by molar-refractivity contribution is -0.108. The van der Waals surface area contributed by atoms with Crippen LogP contribution in [0.4, 0.5) is 0 Å². The number of ether oxygens (including phenoxy) is 1. The van der Waals surface area contributed by atoms with Gasteiger partial charge in [-0.25, -0.2) is 4.79 Å². The Hall–Kier alpha value is -1.64. The third-order valence-electron chi connectivity index (χ3n) is 3.43. The highest BCUT2D eigenvalue weighted by molar-refractivity contribution is 5.89. The monoisotopic (exact) mass is 246 g/mol. The predicted octanol–water partition coefficient (Wildman–Crippen LogP) is 2.56. The SMILES string of the molecule is CCOC(=O)c1ccc2c(c1)C[C@H](CCC=O)C2. The highest BCUT2D eigenvalue weighted by Gasteiger charge is 2.22. The third kappa shape index (κ3) is 2.78. The maximum atomic E-state index is 11.6. The highest BCUT2D eigenvalue weighted by atomic mass is 16.5. The molecule has 0 saturated carbocycles. The smallest absolute Gasteiger partial charge is 0.338 e. The van der Waals surface area contributed by atoms with E-state index in [2.05, 4.69) is 0 Å². The molecule has 0 fully saturated rings. The molecule has 3 nitrogen and oxygen atoms in total. The molecular formula is C15H18O3. The van der Waals surface area contributed by atoms with Gasteiger partial charge in [0.25, 0.3) is 0 Å². The van der Waals surface area contributed by atoms with Crippen molar-refractivity contribution < 1.29 is 14.3 Å². The molecule has 18 heavy (non-hydrogen) atoms. The fraction of sp³-hybridized carbons (Fsp3) is 0.467. The molecule has 0 radical (unpaired) electrons. The fourth-order valence-electron chi connectivity index (χ4n) is 2.56. The molecule has 3 heteroatoms. The molecule has 1 aromatic carbocycles. The lowest BCUT2D eigenvalue weighted by Crippen LogP contribution is -2.05. The van der Waals surface area contributed by atoms with Crippen molar-refractivity contribution in [2.75, 3.05) is 6.61 Å². The van der Waals surface area contributed by atoms with Crippen LogP contribution >= 0.6 is 0 Å². The molecule has 1 aromatic rings. The van der Waals surface area contributed by atoms with Gasteiger partial charge in [-0.3, -0.25) is 0 Å². The average molecular weight is 246 g/mol. The van der Waals surface area contributed by atoms with Crippen LogP contribution in [-0.4, -0.2) is 18.9 Å². The lowest BCUT2D eigenvalue weighted by atomic mass is 10.0. The van der Waals surface area contributed by atoms with Crippen molar-refractivity contribution in [1.29, 1.82) is 0 Å². The summed E-state index contributed by atoms with van der Waals surface area (Å²) in [6.45, 7) is 2.21. The zero-order valence-corrected chi connectivity index (χ0v) is 10.6. The molecule has 0 amide bonds. The number of carbonyl (C=O) groups is 2. The first kappa shape index (κ1) is 12.8. The maximum Gasteiger partial charge on any atom is 0.338 e. The Balaban J connectivity index is 2.07. The van der Waals surface area contributed by atoms with E-state index in [0.29, 0.717) is 24.5 Å². The largest absolute Gasteiger partial charge is 0.462 e. The van der Waals surface area contributed by atoms with Gasteiger partial charge < -0.3 is 9.53 Å². The lowest BCUT2D eigenvalue weighted by Gasteiger charge is -2.04. The van der Waals surface area contributed by atoms with Crippen LogP contribution in [0.25, 0.3) is 0 Å². The van der Waals surface area contributed by atoms with E-state index in [1.54, 1.807) is 6.92 Å². The molecule has 0 unspecified atom stereocenters. The molecule has 96 valence electrons. The molecule has 0 aromatic heterocycles. The van der Waals surface area contributed by atoms with Crippen molar-refractivity contribution in [3.63, 3.8) is 0 Å². The van der Waals surface area contributed by atoms with Gasteiger partial charge >= 0.3 is 5.97 Å². The normalized spacial score (nSPS) is 17.3. The quantitative estimate of drug-likeness (QED) is 0.592. The van der Waals surface area contributed by atoms with Crippen molar-refractivity contribution >= 4 is 12.3 Å². The van der Waals surface area contributed by atoms with E-state index in [9.17, 15) is 9.59 Å². The standard InChI is InChI=1S/C15H18O3/c1-2-18-15(17)13-6-5-12-8-11(4-3-7-16)9-14(12)10-13/h5-7,10-11H,2-4,8-9H2,1H3/t11-/m1/s1. The molecular weight excluding hydrogens is 228 g/mol. The molecule has 1 aliphatic rings. The summed E-state index contributed by atoms with van der Waals surface area (Å²) in [5.74, 6) is 0.291. The van der Waals surface area contributed by atoms with Crippen molar-refractivity contribution in [2.45, 2.75) is 32.6 Å². The van der Waals surface area contributed by atoms with Gasteiger partial charge in [0.05, 0.1) is 12.2 Å². The molecule has 1 atom stereocenters. The van der Waals surface area contributed by atoms with Crippen LogP contribution in [0.2, 0.25) is 0 Å². The van der Waals surface area contributed by atoms with Gasteiger partial charge in [-0.2, -0.15) is 0 Å². The summed E-state index contributed by atoms with van der Waals surface area (Å²) in [7, 11) is 0. The molecule has 0 spiro atoms. The van der Waals surface area contributed by atoms with Crippen LogP contribution in [0.1, 0.15) is 41.3 Å². The number of fused-ring (bicyclic) bond motifs is 1. The van der Waals surface area contributed by atoms with E-state index in [1.807, 2.05) is 18.2 Å². The van der Waals surface area contributed by atoms with Gasteiger partial charge in [-0.15, -0.1) is 0 Å². The Kier molecular flexibility index (Phi) is 4.13. The van der Waals surface area contributed by atoms with Crippen molar-refractivity contribution in [3.8, 4) is 0 Å². The molecule has 0 N–H and O–H groups in total. The molecule has 2 rings (SSSR count). The van der Waals surface area contributed by atoms with Crippen molar-refractivity contribution in [3.05, 3.63) is 34.9 Å². The van der Waals surface area contributed by atoms with Crippen LogP contribution in [-0.2, 0) is 22.4 Å². The number of esters is 1. The molecule has 0 heterocycles. The third-order valence-corrected chi connectivity index (χ3v) is 3.43. The van der Waals surface area contributed by atoms with E-state index >= 15 is 0 Å². The van der Waals surface area contributed by atoms with E-state index in [0.717, 1.165) is 25.5 Å². The number of hydrogen-bond donors (Lipinski definition) is 0. The van der Waals surface area contributed by atoms with Gasteiger partial charge in [-0.05, 0) is 55.4 Å². The molecule has 0 bridgehead atoms. The van der Waals surface area contributed by atoms with E-state index in [-0.39, 0.29) is 5.97 Å². The topological polar surface area (TPSA) is 43.4 Å². The predicted molar refractivity (Wildman–Crippen MR) is 68.6 cm³/mol. The van der Waals surface area contributed by atoms with Gasteiger partial charge in [0, 0.05) is 6.42 Å². The molecule has 1 aliphatic carbocycles. The Labute approximate surface area is 107 Å². The zero-order valence-electron chi connectivity index (χ0n) is 10.6. The number of aldehydes is 1. The van der Waals surface area contributed by atoms with Gasteiger partial charge in [0.2, 0.25) is 0 Å². The summed E-state index contributed by atoms with van der Waals surface area (Å²) < 4.78 is 4.99. The Morgan fingerprint density at radius 1 is 1.39 bits per heavy atom. The second-order valence-corrected chi connectivity index (χ2v) is 4.72. The minimum Gasteiger partial charge on any atom is -0.462 e. The van der Waals surface area contributed by atoms with Crippen LogP contribution in [0, 0.1) is 5.92 Å². The second-order valence-electron chi connectivity index (χ2n) is 4.72. The minimum absolute atomic E-state index is 0.253. The van der Waals surface area contributed by atoms with E-state index in [4.69, 9.17) is 4.74 Å². The fourth-order valence-corrected chi connectivity index (χ4v) is 2.56. The Morgan fingerprint density at radius 3 is 2.89 bits per heavy atom. The number of benzene rings is 1. The minimum atomic E-state index is -0.253. The van der Waals surface area contributed by atoms with Crippen LogP contribution in [0.15, 0.2) is 18.2 Å². The van der Waals surface area contributed by atoms with Crippen molar-refractivity contribution in [1.82, 2.24) is 0 Å². The Bertz CT molecular complexity index is 451. The molecule has 0 saturated heterocycles. The van der Waals surface area contributed by atoms with Crippen LogP contribution in [0.5, 0.6) is 0 Å². The van der Waals surface area contributed by atoms with Gasteiger partial charge in [0.15, 0.2) is 0 Å². The summed E-state index contributed by atoms with van der Waals surface area (Å²) >= 11 is 0. The average Bonchev–Trinajstić information content (AvgIpc) is 2.78. The second kappa shape index (κ2) is 5.80. The zero-order chi connectivity index (χ0) is 13.0. The Morgan fingerprint density at radius 2 is 2.17 bits per heavy atom. The summed E-state index contributed by atoms with van der Waals surface area (Å²) in [5.41, 5.74) is 3.17. The van der Waals surface area contributed by atoms with Crippen LogP contribution in [0.3, 0.4) is 0 Å². The van der Waals surface area contributed by atoms with Crippen molar-refractivity contribution in [2.24, 2.45) is 5.92 Å². The van der Waals surface area contributed by atoms with Gasteiger partial charge in [-0.1, -0.05) is 6.07 Å². The summed E-state index contributed by atoms with van der Waals surface area (Å²) in [6.07, 6.45) is 4.53. The summed E-state index contributed by atoms with van der Waals surface area (Å²) in [6, 6.07) is 5.79. The first-order chi connectivity index (χ1) is 8.74. The highest BCUT2D eigenvalue weighted by Crippen LogP contribution is 2.30. The van der Waals surface area contributed by atoms with E-state index in [1.165, 1.54) is 11.1 Å². The van der Waals surface area contributed by atoms with E-state index < -0.39 is 0 Å². The van der Waals surface area contributed by atoms with Crippen LogP contribution < -0.4 is 0 Å². The van der Waals surface area contributed by atoms with Gasteiger partial charge in [0.1, 0.15) is 6.29 Å².